The van der Waals surface area contributed by atoms with E-state index in [9.17, 15) is 13.2 Å². The van der Waals surface area contributed by atoms with E-state index in [0.717, 1.165) is 27.6 Å². The van der Waals surface area contributed by atoms with Crippen molar-refractivity contribution in [2.45, 2.75) is 18.7 Å². The van der Waals surface area contributed by atoms with Crippen molar-refractivity contribution in [3.63, 3.8) is 0 Å². The monoisotopic (exact) mass is 431 g/mol. The topological polar surface area (TPSA) is 70.6 Å². The number of hydrogen-bond acceptors (Lipinski definition) is 6. The van der Waals surface area contributed by atoms with Crippen molar-refractivity contribution >= 4 is 42.4 Å². The Kier molecular flexibility index (Phi) is 6.07. The molecular weight excluding hydrogens is 406 g/mol. The molecule has 29 heavy (non-hydrogen) atoms. The van der Waals surface area contributed by atoms with Gasteiger partial charge in [-0.1, -0.05) is 23.5 Å². The maximum Gasteiger partial charge on any atom is 0.260 e. The molecule has 1 aromatic heterocycles. The van der Waals surface area contributed by atoms with Gasteiger partial charge >= 0.3 is 0 Å². The SMILES string of the molecule is Cc1ccc(C)c2sc(N(CCN(C)C)C(=O)c3ccc(S(C)(=O)=O)cc3)nc12. The summed E-state index contributed by atoms with van der Waals surface area (Å²) in [6.45, 7) is 5.22. The molecule has 0 spiro atoms. The minimum atomic E-state index is -3.31. The smallest absolute Gasteiger partial charge is 0.260 e. The fraction of sp³-hybridized carbons (Fsp3) is 0.333. The third kappa shape index (κ3) is 4.66. The first-order valence-electron chi connectivity index (χ1n) is 9.21. The second kappa shape index (κ2) is 8.22. The Morgan fingerprint density at radius 2 is 1.62 bits per heavy atom. The van der Waals surface area contributed by atoms with Crippen LogP contribution in [-0.4, -0.2) is 57.6 Å². The number of carbonyl (C=O) groups is 1. The van der Waals surface area contributed by atoms with Crippen LogP contribution in [0.4, 0.5) is 5.13 Å². The maximum absolute atomic E-state index is 13.3. The lowest BCUT2D eigenvalue weighted by Gasteiger charge is -2.22. The van der Waals surface area contributed by atoms with E-state index in [1.807, 2.05) is 38.9 Å². The molecular formula is C21H25N3O3S2. The van der Waals surface area contributed by atoms with Crippen molar-refractivity contribution in [3.8, 4) is 0 Å². The molecule has 0 saturated carbocycles. The fourth-order valence-electron chi connectivity index (χ4n) is 2.95. The van der Waals surface area contributed by atoms with Crippen LogP contribution in [0.2, 0.25) is 0 Å². The molecule has 154 valence electrons. The van der Waals surface area contributed by atoms with Gasteiger partial charge in [0.1, 0.15) is 0 Å². The third-order valence-electron chi connectivity index (χ3n) is 4.71. The van der Waals surface area contributed by atoms with Crippen molar-refractivity contribution in [1.29, 1.82) is 0 Å². The van der Waals surface area contributed by atoms with Gasteiger partial charge in [-0.05, 0) is 63.3 Å². The number of thiazole rings is 1. The van der Waals surface area contributed by atoms with Gasteiger partial charge in [0.25, 0.3) is 5.91 Å². The standard InChI is InChI=1S/C21H25N3O3S2/c1-14-6-7-15(2)19-18(14)22-21(28-19)24(13-12-23(3)4)20(25)16-8-10-17(11-9-16)29(5,26)27/h6-11H,12-13H2,1-5H3. The molecule has 0 aliphatic rings. The normalized spacial score (nSPS) is 11.9. The molecule has 0 aliphatic heterocycles. The Hall–Kier alpha value is -2.29. The molecule has 0 aliphatic carbocycles. The summed E-state index contributed by atoms with van der Waals surface area (Å²) in [6.07, 6.45) is 1.15. The van der Waals surface area contributed by atoms with Crippen LogP contribution in [0, 0.1) is 13.8 Å². The molecule has 0 bridgehead atoms. The number of rotatable bonds is 6. The van der Waals surface area contributed by atoms with Gasteiger partial charge < -0.3 is 4.90 Å². The van der Waals surface area contributed by atoms with Crippen LogP contribution >= 0.6 is 11.3 Å². The highest BCUT2D eigenvalue weighted by molar-refractivity contribution is 7.90. The van der Waals surface area contributed by atoms with Crippen LogP contribution in [-0.2, 0) is 9.84 Å². The predicted octanol–water partition coefficient (Wildman–Crippen LogP) is 3.53. The van der Waals surface area contributed by atoms with Crippen molar-refractivity contribution < 1.29 is 13.2 Å². The molecule has 0 N–H and O–H groups in total. The molecule has 1 amide bonds. The summed E-state index contributed by atoms with van der Waals surface area (Å²) in [4.78, 5) is 21.9. The minimum Gasteiger partial charge on any atom is -0.308 e. The van der Waals surface area contributed by atoms with Crippen LogP contribution in [0.15, 0.2) is 41.3 Å². The number of aryl methyl sites for hydroxylation is 2. The van der Waals surface area contributed by atoms with Crippen LogP contribution in [0.3, 0.4) is 0 Å². The van der Waals surface area contributed by atoms with E-state index < -0.39 is 9.84 Å². The molecule has 6 nitrogen and oxygen atoms in total. The van der Waals surface area contributed by atoms with E-state index in [1.165, 1.54) is 23.5 Å². The Bertz CT molecular complexity index is 1110. The molecule has 8 heteroatoms. The van der Waals surface area contributed by atoms with Crippen LogP contribution < -0.4 is 4.90 Å². The highest BCUT2D eigenvalue weighted by atomic mass is 32.2. The Labute approximate surface area is 175 Å². The fourth-order valence-corrected chi connectivity index (χ4v) is 4.71. The number of nitrogens with zero attached hydrogens (tertiary/aromatic N) is 3. The quantitative estimate of drug-likeness (QED) is 0.597. The van der Waals surface area contributed by atoms with Crippen LogP contribution in [0.5, 0.6) is 0 Å². The van der Waals surface area contributed by atoms with Gasteiger partial charge in [0, 0.05) is 24.9 Å². The number of anilines is 1. The van der Waals surface area contributed by atoms with E-state index in [2.05, 4.69) is 6.07 Å². The lowest BCUT2D eigenvalue weighted by molar-refractivity contribution is 0.0985. The molecule has 0 fully saturated rings. The number of sulfone groups is 1. The zero-order valence-corrected chi connectivity index (χ0v) is 18.9. The summed E-state index contributed by atoms with van der Waals surface area (Å²) in [5.74, 6) is -0.193. The number of hydrogen-bond donors (Lipinski definition) is 0. The second-order valence-corrected chi connectivity index (χ2v) is 10.4. The lowest BCUT2D eigenvalue weighted by Crippen LogP contribution is -2.36. The summed E-state index contributed by atoms with van der Waals surface area (Å²) < 4.78 is 24.5. The molecule has 3 aromatic rings. The molecule has 0 unspecified atom stereocenters. The minimum absolute atomic E-state index is 0.193. The third-order valence-corrected chi connectivity index (χ3v) is 7.05. The summed E-state index contributed by atoms with van der Waals surface area (Å²) in [7, 11) is 0.601. The number of carbonyl (C=O) groups excluding carboxylic acids is 1. The second-order valence-electron chi connectivity index (χ2n) is 7.43. The Balaban J connectivity index is 2.02. The molecule has 0 saturated heterocycles. The van der Waals surface area contributed by atoms with E-state index in [1.54, 1.807) is 17.0 Å². The van der Waals surface area contributed by atoms with Gasteiger partial charge in [0.05, 0.1) is 15.1 Å². The van der Waals surface area contributed by atoms with Gasteiger partial charge in [-0.15, -0.1) is 0 Å². The number of amides is 1. The largest absolute Gasteiger partial charge is 0.308 e. The zero-order chi connectivity index (χ0) is 21.3. The number of fused-ring (bicyclic) bond motifs is 1. The molecule has 1 heterocycles. The Morgan fingerprint density at radius 1 is 1.00 bits per heavy atom. The molecule has 0 radical (unpaired) electrons. The van der Waals surface area contributed by atoms with Crippen molar-refractivity contribution in [2.75, 3.05) is 38.3 Å². The number of likely N-dealkylation sites (N-methyl/N-ethyl adjacent to an activating group) is 1. The number of aromatic nitrogens is 1. The first kappa shape index (κ1) is 21.4. The van der Waals surface area contributed by atoms with Crippen LogP contribution in [0.1, 0.15) is 21.5 Å². The first-order chi connectivity index (χ1) is 13.6. The average Bonchev–Trinajstić information content (AvgIpc) is 3.10. The zero-order valence-electron chi connectivity index (χ0n) is 17.3. The van der Waals surface area contributed by atoms with Crippen molar-refractivity contribution in [2.24, 2.45) is 0 Å². The molecule has 0 atom stereocenters. The average molecular weight is 432 g/mol. The summed E-state index contributed by atoms with van der Waals surface area (Å²) in [5.41, 5.74) is 3.56. The van der Waals surface area contributed by atoms with E-state index in [0.29, 0.717) is 23.8 Å². The van der Waals surface area contributed by atoms with Crippen molar-refractivity contribution in [3.05, 3.63) is 53.1 Å². The predicted molar refractivity (Wildman–Crippen MR) is 119 cm³/mol. The van der Waals surface area contributed by atoms with E-state index in [4.69, 9.17) is 4.98 Å². The molecule has 2 aromatic carbocycles. The first-order valence-corrected chi connectivity index (χ1v) is 11.9. The van der Waals surface area contributed by atoms with Gasteiger partial charge in [0.2, 0.25) is 0 Å². The van der Waals surface area contributed by atoms with Gasteiger partial charge in [0.15, 0.2) is 15.0 Å². The Morgan fingerprint density at radius 3 is 2.17 bits per heavy atom. The summed E-state index contributed by atoms with van der Waals surface area (Å²) in [6, 6.07) is 10.2. The van der Waals surface area contributed by atoms with Gasteiger partial charge in [-0.2, -0.15) is 0 Å². The number of benzene rings is 2. The van der Waals surface area contributed by atoms with Crippen LogP contribution in [0.25, 0.3) is 10.2 Å². The highest BCUT2D eigenvalue weighted by Gasteiger charge is 2.22. The van der Waals surface area contributed by atoms with Crippen molar-refractivity contribution in [1.82, 2.24) is 9.88 Å². The van der Waals surface area contributed by atoms with Gasteiger partial charge in [-0.25, -0.2) is 13.4 Å². The van der Waals surface area contributed by atoms with E-state index in [-0.39, 0.29) is 10.8 Å². The summed E-state index contributed by atoms with van der Waals surface area (Å²) >= 11 is 1.51. The molecule has 3 rings (SSSR count). The lowest BCUT2D eigenvalue weighted by atomic mass is 10.1. The van der Waals surface area contributed by atoms with Gasteiger partial charge in [-0.3, -0.25) is 9.69 Å². The summed E-state index contributed by atoms with van der Waals surface area (Å²) in [5, 5.41) is 0.649. The highest BCUT2D eigenvalue weighted by Crippen LogP contribution is 2.33. The maximum atomic E-state index is 13.3. The van der Waals surface area contributed by atoms with E-state index >= 15 is 0 Å².